The maximum absolute atomic E-state index is 13.1. The third kappa shape index (κ3) is 2.54. The van der Waals surface area contributed by atoms with Crippen LogP contribution in [-0.4, -0.2) is 30.2 Å². The maximum atomic E-state index is 13.1. The van der Waals surface area contributed by atoms with E-state index in [0.29, 0.717) is 16.7 Å². The van der Waals surface area contributed by atoms with Crippen molar-refractivity contribution in [3.05, 3.63) is 34.1 Å². The predicted octanol–water partition coefficient (Wildman–Crippen LogP) is 2.95. The first-order chi connectivity index (χ1) is 8.20. The van der Waals surface area contributed by atoms with E-state index in [2.05, 4.69) is 20.8 Å². The molecule has 2 atom stereocenters. The molecule has 0 saturated carbocycles. The average molecular weight is 300 g/mol. The monoisotopic (exact) mass is 299 g/mol. The minimum absolute atomic E-state index is 0.198. The van der Waals surface area contributed by atoms with E-state index in [-0.39, 0.29) is 5.82 Å². The molecule has 2 heterocycles. The molecule has 4 heteroatoms. The summed E-state index contributed by atoms with van der Waals surface area (Å²) in [7, 11) is 0. The Kier molecular flexibility index (Phi) is 3.19. The Hall–Kier alpha value is -0.450. The van der Waals surface area contributed by atoms with E-state index in [0.717, 1.165) is 25.2 Å². The Bertz CT molecular complexity index is 414. The van der Waals surface area contributed by atoms with Crippen molar-refractivity contribution in [2.24, 2.45) is 0 Å². The van der Waals surface area contributed by atoms with Crippen molar-refractivity contribution in [3.8, 4) is 0 Å². The van der Waals surface area contributed by atoms with Gasteiger partial charge in [-0.3, -0.25) is 4.90 Å². The molecule has 2 bridgehead atoms. The van der Waals surface area contributed by atoms with Gasteiger partial charge in [-0.1, -0.05) is 6.07 Å². The molecular formula is C13H15BrFNO. The van der Waals surface area contributed by atoms with E-state index in [1.165, 1.54) is 18.9 Å². The number of rotatable bonds is 2. The Morgan fingerprint density at radius 3 is 2.65 bits per heavy atom. The summed E-state index contributed by atoms with van der Waals surface area (Å²) in [6, 6.07) is 5.25. The Labute approximate surface area is 109 Å². The minimum atomic E-state index is -0.198. The molecule has 3 rings (SSSR count). The smallest absolute Gasteiger partial charge is 0.137 e. The molecule has 2 nitrogen and oxygen atoms in total. The van der Waals surface area contributed by atoms with Crippen LogP contribution in [0, 0.1) is 5.82 Å². The van der Waals surface area contributed by atoms with Gasteiger partial charge in [-0.2, -0.15) is 0 Å². The number of fused-ring (bicyclic) bond motifs is 2. The maximum Gasteiger partial charge on any atom is 0.137 e. The lowest BCUT2D eigenvalue weighted by Crippen LogP contribution is -2.41. The SMILES string of the molecule is Fc1ccc(CN2CC3CCC(C2)O3)cc1Br. The summed E-state index contributed by atoms with van der Waals surface area (Å²) in [4.78, 5) is 2.41. The van der Waals surface area contributed by atoms with Crippen molar-refractivity contribution in [2.45, 2.75) is 31.6 Å². The van der Waals surface area contributed by atoms with Crippen molar-refractivity contribution < 1.29 is 9.13 Å². The van der Waals surface area contributed by atoms with Gasteiger partial charge in [0, 0.05) is 19.6 Å². The number of nitrogens with zero attached hydrogens (tertiary/aromatic N) is 1. The van der Waals surface area contributed by atoms with E-state index < -0.39 is 0 Å². The number of morpholine rings is 1. The zero-order chi connectivity index (χ0) is 11.8. The van der Waals surface area contributed by atoms with Crippen molar-refractivity contribution in [3.63, 3.8) is 0 Å². The van der Waals surface area contributed by atoms with Gasteiger partial charge >= 0.3 is 0 Å². The van der Waals surface area contributed by atoms with Crippen molar-refractivity contribution in [2.75, 3.05) is 13.1 Å². The molecule has 92 valence electrons. The molecule has 17 heavy (non-hydrogen) atoms. The largest absolute Gasteiger partial charge is 0.372 e. The lowest BCUT2D eigenvalue weighted by molar-refractivity contribution is -0.0410. The van der Waals surface area contributed by atoms with E-state index >= 15 is 0 Å². The molecule has 2 aliphatic heterocycles. The van der Waals surface area contributed by atoms with E-state index in [1.54, 1.807) is 0 Å². The minimum Gasteiger partial charge on any atom is -0.372 e. The first-order valence-electron chi connectivity index (χ1n) is 6.02. The number of halogens is 2. The Balaban J connectivity index is 1.68. The van der Waals surface area contributed by atoms with Gasteiger partial charge in [0.2, 0.25) is 0 Å². The zero-order valence-corrected chi connectivity index (χ0v) is 11.1. The van der Waals surface area contributed by atoms with Crippen molar-refractivity contribution in [1.82, 2.24) is 4.90 Å². The van der Waals surface area contributed by atoms with Crippen LogP contribution in [0.1, 0.15) is 18.4 Å². The summed E-state index contributed by atoms with van der Waals surface area (Å²) in [5, 5.41) is 0. The Morgan fingerprint density at radius 1 is 1.29 bits per heavy atom. The third-order valence-corrected chi connectivity index (χ3v) is 4.12. The summed E-state index contributed by atoms with van der Waals surface area (Å²) in [5.41, 5.74) is 1.15. The van der Waals surface area contributed by atoms with Crippen molar-refractivity contribution in [1.29, 1.82) is 0 Å². The summed E-state index contributed by atoms with van der Waals surface area (Å²) >= 11 is 3.23. The summed E-state index contributed by atoms with van der Waals surface area (Å²) in [5.74, 6) is -0.198. The van der Waals surface area contributed by atoms with Crippen LogP contribution in [-0.2, 0) is 11.3 Å². The second-order valence-electron chi connectivity index (χ2n) is 4.90. The molecule has 1 aromatic carbocycles. The number of ether oxygens (including phenoxy) is 1. The van der Waals surface area contributed by atoms with E-state index in [4.69, 9.17) is 4.74 Å². The first-order valence-corrected chi connectivity index (χ1v) is 6.82. The average Bonchev–Trinajstić information content (AvgIpc) is 2.64. The van der Waals surface area contributed by atoms with Crippen LogP contribution in [0.4, 0.5) is 4.39 Å². The summed E-state index contributed by atoms with van der Waals surface area (Å²) < 4.78 is 19.5. The molecule has 2 unspecified atom stereocenters. The molecule has 2 aliphatic rings. The van der Waals surface area contributed by atoms with Gasteiger partial charge in [0.05, 0.1) is 16.7 Å². The van der Waals surface area contributed by atoms with Crippen LogP contribution in [0.2, 0.25) is 0 Å². The second-order valence-corrected chi connectivity index (χ2v) is 5.75. The van der Waals surface area contributed by atoms with Gasteiger partial charge in [0.1, 0.15) is 5.82 Å². The first kappa shape index (κ1) is 11.6. The number of hydrogen-bond donors (Lipinski definition) is 0. The predicted molar refractivity (Wildman–Crippen MR) is 67.3 cm³/mol. The summed E-state index contributed by atoms with van der Waals surface area (Å²) in [6.45, 7) is 2.90. The van der Waals surface area contributed by atoms with Crippen LogP contribution in [0.3, 0.4) is 0 Å². The second kappa shape index (κ2) is 4.67. The Morgan fingerprint density at radius 2 is 2.00 bits per heavy atom. The molecule has 0 amide bonds. The highest BCUT2D eigenvalue weighted by Crippen LogP contribution is 2.27. The van der Waals surface area contributed by atoms with Gasteiger partial charge in [-0.25, -0.2) is 4.39 Å². The topological polar surface area (TPSA) is 12.5 Å². The van der Waals surface area contributed by atoms with Crippen LogP contribution in [0.15, 0.2) is 22.7 Å². The van der Waals surface area contributed by atoms with Crippen LogP contribution >= 0.6 is 15.9 Å². The van der Waals surface area contributed by atoms with Crippen LogP contribution in [0.5, 0.6) is 0 Å². The number of hydrogen-bond acceptors (Lipinski definition) is 2. The van der Waals surface area contributed by atoms with E-state index in [9.17, 15) is 4.39 Å². The standard InChI is InChI=1S/C13H15BrFNO/c14-12-5-9(1-4-13(12)15)6-16-7-10-2-3-11(8-16)17-10/h1,4-5,10-11H,2-3,6-8H2. The van der Waals surface area contributed by atoms with Gasteiger partial charge in [0.25, 0.3) is 0 Å². The highest BCUT2D eigenvalue weighted by atomic mass is 79.9. The van der Waals surface area contributed by atoms with Crippen LogP contribution in [0.25, 0.3) is 0 Å². The molecule has 2 saturated heterocycles. The van der Waals surface area contributed by atoms with E-state index in [1.807, 2.05) is 12.1 Å². The molecule has 0 aliphatic carbocycles. The molecule has 0 N–H and O–H groups in total. The zero-order valence-electron chi connectivity index (χ0n) is 9.53. The fraction of sp³-hybridized carbons (Fsp3) is 0.538. The molecular weight excluding hydrogens is 285 g/mol. The molecule has 0 radical (unpaired) electrons. The molecule has 2 fully saturated rings. The van der Waals surface area contributed by atoms with Gasteiger partial charge in [0.15, 0.2) is 0 Å². The molecule has 0 spiro atoms. The van der Waals surface area contributed by atoms with Gasteiger partial charge in [-0.15, -0.1) is 0 Å². The van der Waals surface area contributed by atoms with Crippen molar-refractivity contribution >= 4 is 15.9 Å². The van der Waals surface area contributed by atoms with Gasteiger partial charge < -0.3 is 4.74 Å². The molecule has 1 aromatic rings. The third-order valence-electron chi connectivity index (χ3n) is 3.51. The van der Waals surface area contributed by atoms with Gasteiger partial charge in [-0.05, 0) is 46.5 Å². The number of likely N-dealkylation sites (tertiary alicyclic amines) is 1. The fourth-order valence-electron chi connectivity index (χ4n) is 2.72. The lowest BCUT2D eigenvalue weighted by Gasteiger charge is -2.32. The molecule has 0 aromatic heterocycles. The lowest BCUT2D eigenvalue weighted by atomic mass is 10.2. The number of benzene rings is 1. The highest BCUT2D eigenvalue weighted by molar-refractivity contribution is 9.10. The normalized spacial score (nSPS) is 28.6. The van der Waals surface area contributed by atoms with Crippen LogP contribution < -0.4 is 0 Å². The quantitative estimate of drug-likeness (QED) is 0.832. The fourth-order valence-corrected chi connectivity index (χ4v) is 3.15. The summed E-state index contributed by atoms with van der Waals surface area (Å²) in [6.07, 6.45) is 3.21. The highest BCUT2D eigenvalue weighted by Gasteiger charge is 2.33.